The molecule has 2 fully saturated rings. The third-order valence-electron chi connectivity index (χ3n) is 5.98. The first kappa shape index (κ1) is 21.1. The van der Waals surface area contributed by atoms with Gasteiger partial charge in [0.1, 0.15) is 18.0 Å². The average Bonchev–Trinajstić information content (AvgIpc) is 3.13. The zero-order chi connectivity index (χ0) is 20.0. The van der Waals surface area contributed by atoms with Crippen molar-refractivity contribution in [2.45, 2.75) is 58.5 Å². The van der Waals surface area contributed by atoms with Crippen molar-refractivity contribution in [2.24, 2.45) is 11.8 Å². The summed E-state index contributed by atoms with van der Waals surface area (Å²) in [6, 6.07) is 7.68. The molecule has 156 valence electrons. The summed E-state index contributed by atoms with van der Waals surface area (Å²) in [5.41, 5.74) is 0.147. The second-order valence-corrected chi connectivity index (χ2v) is 8.67. The van der Waals surface area contributed by atoms with Gasteiger partial charge in [-0.3, -0.25) is 9.69 Å². The average molecular weight is 389 g/mol. The molecule has 2 unspecified atom stereocenters. The fourth-order valence-electron chi connectivity index (χ4n) is 4.81. The lowest BCUT2D eigenvalue weighted by Gasteiger charge is -2.34. The number of nitrogens with one attached hydrogen (secondary N) is 1. The van der Waals surface area contributed by atoms with Crippen molar-refractivity contribution in [1.82, 2.24) is 4.90 Å². The molecule has 0 aromatic heterocycles. The van der Waals surface area contributed by atoms with Gasteiger partial charge < -0.3 is 14.8 Å². The molecule has 28 heavy (non-hydrogen) atoms. The molecular formula is C23H36N2O3. The predicted octanol–water partition coefficient (Wildman–Crippen LogP) is 4.33. The molecule has 5 nitrogen and oxygen atoms in total. The molecular weight excluding hydrogens is 352 g/mol. The molecule has 3 rings (SSSR count). The standard InChI is InChI=1S/C23H36N2O3/c1-4-28-23(11-5-6-12-23)22(26)24-20-7-9-21(10-8-20)27-14-13-25-16-18(2)15-19(3)17-25/h7-10,18-19H,4-6,11-17H2,1-3H3,(H,24,26). The van der Waals surface area contributed by atoms with Crippen molar-refractivity contribution < 1.29 is 14.3 Å². The molecule has 1 saturated carbocycles. The number of likely N-dealkylation sites (tertiary alicyclic amines) is 1. The Morgan fingerprint density at radius 3 is 2.39 bits per heavy atom. The van der Waals surface area contributed by atoms with E-state index in [1.807, 2.05) is 31.2 Å². The molecule has 1 aliphatic heterocycles. The maximum atomic E-state index is 12.7. The van der Waals surface area contributed by atoms with E-state index in [9.17, 15) is 4.79 Å². The first-order chi connectivity index (χ1) is 13.5. The highest BCUT2D eigenvalue weighted by Gasteiger charge is 2.41. The Hall–Kier alpha value is -1.59. The lowest BCUT2D eigenvalue weighted by Crippen LogP contribution is -2.43. The number of carbonyl (C=O) groups excluding carboxylic acids is 1. The molecule has 1 aliphatic carbocycles. The Bertz CT molecular complexity index is 615. The lowest BCUT2D eigenvalue weighted by atomic mass is 9.92. The SMILES string of the molecule is CCOC1(C(=O)Nc2ccc(OCCN3CC(C)CC(C)C3)cc2)CCCC1. The molecule has 1 N–H and O–H groups in total. The van der Waals surface area contributed by atoms with Crippen molar-refractivity contribution in [2.75, 3.05) is 38.2 Å². The second-order valence-electron chi connectivity index (χ2n) is 8.67. The van der Waals surface area contributed by atoms with E-state index < -0.39 is 5.60 Å². The van der Waals surface area contributed by atoms with Gasteiger partial charge in [0.15, 0.2) is 0 Å². The molecule has 0 radical (unpaired) electrons. The highest BCUT2D eigenvalue weighted by molar-refractivity contribution is 5.97. The number of carbonyl (C=O) groups is 1. The Morgan fingerprint density at radius 2 is 1.79 bits per heavy atom. The number of amides is 1. The summed E-state index contributed by atoms with van der Waals surface area (Å²) in [5, 5.41) is 3.03. The molecule has 0 spiro atoms. The summed E-state index contributed by atoms with van der Waals surface area (Å²) in [6.45, 7) is 11.2. The van der Waals surface area contributed by atoms with Crippen LogP contribution < -0.4 is 10.1 Å². The van der Waals surface area contributed by atoms with Crippen LogP contribution in [0.3, 0.4) is 0 Å². The predicted molar refractivity (Wildman–Crippen MR) is 113 cm³/mol. The fraction of sp³-hybridized carbons (Fsp3) is 0.696. The van der Waals surface area contributed by atoms with Gasteiger partial charge in [-0.2, -0.15) is 0 Å². The van der Waals surface area contributed by atoms with Crippen molar-refractivity contribution >= 4 is 11.6 Å². The van der Waals surface area contributed by atoms with Crippen LogP contribution in [0, 0.1) is 11.8 Å². The van der Waals surface area contributed by atoms with Crippen molar-refractivity contribution in [3.05, 3.63) is 24.3 Å². The normalized spacial score (nSPS) is 24.8. The minimum absolute atomic E-state index is 0.0196. The molecule has 1 aromatic rings. The van der Waals surface area contributed by atoms with Gasteiger partial charge in [-0.25, -0.2) is 0 Å². The van der Waals surface area contributed by atoms with Crippen LogP contribution in [0.4, 0.5) is 5.69 Å². The zero-order valence-electron chi connectivity index (χ0n) is 17.7. The largest absolute Gasteiger partial charge is 0.492 e. The van der Waals surface area contributed by atoms with E-state index in [0.29, 0.717) is 13.2 Å². The fourth-order valence-corrected chi connectivity index (χ4v) is 4.81. The van der Waals surface area contributed by atoms with Gasteiger partial charge in [0.05, 0.1) is 0 Å². The number of ether oxygens (including phenoxy) is 2. The van der Waals surface area contributed by atoms with E-state index in [-0.39, 0.29) is 5.91 Å². The summed E-state index contributed by atoms with van der Waals surface area (Å²) in [7, 11) is 0. The van der Waals surface area contributed by atoms with Gasteiger partial charge >= 0.3 is 0 Å². The molecule has 1 saturated heterocycles. The minimum Gasteiger partial charge on any atom is -0.492 e. The smallest absolute Gasteiger partial charge is 0.256 e. The molecule has 2 aliphatic rings. The van der Waals surface area contributed by atoms with Crippen LogP contribution in [-0.4, -0.2) is 49.3 Å². The molecule has 1 heterocycles. The number of hydrogen-bond acceptors (Lipinski definition) is 4. The number of piperidine rings is 1. The molecule has 1 aromatic carbocycles. The lowest BCUT2D eigenvalue weighted by molar-refractivity contribution is -0.140. The van der Waals surface area contributed by atoms with E-state index >= 15 is 0 Å². The maximum Gasteiger partial charge on any atom is 0.256 e. The van der Waals surface area contributed by atoms with Gasteiger partial charge in [-0.1, -0.05) is 13.8 Å². The second kappa shape index (κ2) is 9.75. The highest BCUT2D eigenvalue weighted by Crippen LogP contribution is 2.34. The number of rotatable bonds is 8. The van der Waals surface area contributed by atoms with Crippen LogP contribution in [0.1, 0.15) is 52.9 Å². The van der Waals surface area contributed by atoms with E-state index in [1.165, 1.54) is 19.5 Å². The van der Waals surface area contributed by atoms with Gasteiger partial charge in [0.25, 0.3) is 5.91 Å². The Kier molecular flexibility index (Phi) is 7.36. The van der Waals surface area contributed by atoms with Crippen LogP contribution in [-0.2, 0) is 9.53 Å². The summed E-state index contributed by atoms with van der Waals surface area (Å²) < 4.78 is 11.8. The minimum atomic E-state index is -0.646. The quantitative estimate of drug-likeness (QED) is 0.720. The summed E-state index contributed by atoms with van der Waals surface area (Å²) >= 11 is 0. The first-order valence-corrected chi connectivity index (χ1v) is 10.9. The van der Waals surface area contributed by atoms with Crippen LogP contribution in [0.5, 0.6) is 5.75 Å². The highest BCUT2D eigenvalue weighted by atomic mass is 16.5. The van der Waals surface area contributed by atoms with Gasteiger partial charge in [-0.05, 0) is 75.1 Å². The first-order valence-electron chi connectivity index (χ1n) is 10.9. The third-order valence-corrected chi connectivity index (χ3v) is 5.98. The molecule has 2 atom stereocenters. The van der Waals surface area contributed by atoms with Crippen LogP contribution >= 0.6 is 0 Å². The van der Waals surface area contributed by atoms with Crippen molar-refractivity contribution in [3.63, 3.8) is 0 Å². The third kappa shape index (κ3) is 5.48. The Balaban J connectivity index is 1.46. The molecule has 0 bridgehead atoms. The van der Waals surface area contributed by atoms with Crippen molar-refractivity contribution in [1.29, 1.82) is 0 Å². The number of hydrogen-bond donors (Lipinski definition) is 1. The monoisotopic (exact) mass is 388 g/mol. The van der Waals surface area contributed by atoms with Crippen LogP contribution in [0.25, 0.3) is 0 Å². The summed E-state index contributed by atoms with van der Waals surface area (Å²) in [4.78, 5) is 15.2. The Morgan fingerprint density at radius 1 is 1.14 bits per heavy atom. The van der Waals surface area contributed by atoms with E-state index in [0.717, 1.165) is 55.5 Å². The Labute approximate surface area is 169 Å². The molecule has 1 amide bonds. The van der Waals surface area contributed by atoms with E-state index in [1.54, 1.807) is 0 Å². The summed E-state index contributed by atoms with van der Waals surface area (Å²) in [6.07, 6.45) is 5.04. The maximum absolute atomic E-state index is 12.7. The van der Waals surface area contributed by atoms with Crippen molar-refractivity contribution in [3.8, 4) is 5.75 Å². The van der Waals surface area contributed by atoms with E-state index in [4.69, 9.17) is 9.47 Å². The summed E-state index contributed by atoms with van der Waals surface area (Å²) in [5.74, 6) is 2.36. The number of benzene rings is 1. The van der Waals surface area contributed by atoms with Gasteiger partial charge in [0.2, 0.25) is 0 Å². The van der Waals surface area contributed by atoms with E-state index in [2.05, 4.69) is 24.1 Å². The number of anilines is 1. The topological polar surface area (TPSA) is 50.8 Å². The van der Waals surface area contributed by atoms with Crippen LogP contribution in [0.15, 0.2) is 24.3 Å². The molecule has 5 heteroatoms. The zero-order valence-corrected chi connectivity index (χ0v) is 17.7. The van der Waals surface area contributed by atoms with Gasteiger partial charge in [-0.15, -0.1) is 0 Å². The number of nitrogens with zero attached hydrogens (tertiary/aromatic N) is 1. The van der Waals surface area contributed by atoms with Gasteiger partial charge in [0, 0.05) is 31.9 Å². The van der Waals surface area contributed by atoms with Crippen LogP contribution in [0.2, 0.25) is 0 Å².